The van der Waals surface area contributed by atoms with Gasteiger partial charge in [-0.2, -0.15) is 11.8 Å². The average Bonchev–Trinajstić information content (AvgIpc) is 3.09. The zero-order chi connectivity index (χ0) is 24.6. The molecule has 1 aliphatic heterocycles. The highest BCUT2D eigenvalue weighted by Crippen LogP contribution is 2.92. The highest BCUT2D eigenvalue weighted by molar-refractivity contribution is 7.98. The molecule has 1 atom stereocenters. The molecule has 4 heteroatoms. The van der Waals surface area contributed by atoms with Crippen LogP contribution in [0.15, 0.2) is 67.2 Å². The normalized spacial score (nSPS) is 29.4. The second kappa shape index (κ2) is 7.83. The number of thioether (sulfide) groups is 1. The summed E-state index contributed by atoms with van der Waals surface area (Å²) in [6, 6.07) is 10.9. The van der Waals surface area contributed by atoms with Gasteiger partial charge in [0.2, 0.25) is 0 Å². The summed E-state index contributed by atoms with van der Waals surface area (Å²) in [4.78, 5) is 4.75. The van der Waals surface area contributed by atoms with E-state index >= 15 is 0 Å². The summed E-state index contributed by atoms with van der Waals surface area (Å²) in [7, 11) is 0. The molecule has 5 aliphatic rings. The van der Waals surface area contributed by atoms with E-state index in [1.165, 1.54) is 59.0 Å². The van der Waals surface area contributed by atoms with Gasteiger partial charge in [0, 0.05) is 53.6 Å². The Morgan fingerprint density at radius 1 is 1.11 bits per heavy atom. The molecule has 0 N–H and O–H groups in total. The maximum Gasteiger partial charge on any atom is 0.188 e. The van der Waals surface area contributed by atoms with Gasteiger partial charge in [0.25, 0.3) is 0 Å². The van der Waals surface area contributed by atoms with Gasteiger partial charge in [-0.15, -0.1) is 0 Å². The molecule has 2 aromatic carbocycles. The van der Waals surface area contributed by atoms with E-state index in [1.807, 2.05) is 11.8 Å². The second-order valence-electron chi connectivity index (χ2n) is 11.5. The van der Waals surface area contributed by atoms with Crippen molar-refractivity contribution in [1.29, 1.82) is 0 Å². The van der Waals surface area contributed by atoms with Crippen LogP contribution < -0.4 is 9.64 Å². The fourth-order valence-electron chi connectivity index (χ4n) is 7.99. The van der Waals surface area contributed by atoms with Crippen molar-refractivity contribution in [1.82, 2.24) is 4.90 Å². The summed E-state index contributed by atoms with van der Waals surface area (Å²) in [5.74, 6) is 2.69. The summed E-state index contributed by atoms with van der Waals surface area (Å²) >= 11 is 1.85. The summed E-state index contributed by atoms with van der Waals surface area (Å²) in [6.45, 7) is 20.7. The molecule has 0 aromatic heterocycles. The smallest absolute Gasteiger partial charge is 0.188 e. The molecular weight excluding hydrogens is 448 g/mol. The first-order valence-corrected chi connectivity index (χ1v) is 14.5. The van der Waals surface area contributed by atoms with Crippen molar-refractivity contribution in [3.63, 3.8) is 0 Å². The van der Waals surface area contributed by atoms with E-state index in [0.29, 0.717) is 10.8 Å². The van der Waals surface area contributed by atoms with Gasteiger partial charge in [0.05, 0.1) is 0 Å². The summed E-state index contributed by atoms with van der Waals surface area (Å²) in [5, 5.41) is 2.47. The van der Waals surface area contributed by atoms with Crippen LogP contribution in [0.4, 0.5) is 5.69 Å². The van der Waals surface area contributed by atoms with E-state index in [9.17, 15) is 0 Å². The molecule has 35 heavy (non-hydrogen) atoms. The Balaban J connectivity index is 1.32. The van der Waals surface area contributed by atoms with Crippen LogP contribution >= 0.6 is 11.8 Å². The minimum Gasteiger partial charge on any atom is -0.441 e. The highest BCUT2D eigenvalue weighted by Gasteiger charge is 2.84. The highest BCUT2D eigenvalue weighted by atomic mass is 32.2. The van der Waals surface area contributed by atoms with E-state index in [0.717, 1.165) is 43.4 Å². The molecule has 0 amide bonds. The maximum absolute atomic E-state index is 6.52. The Bertz CT molecular complexity index is 1260. The fraction of sp³-hybridized carbons (Fsp3) is 0.484. The number of hydrogen-bond acceptors (Lipinski definition) is 4. The number of benzene rings is 2. The lowest BCUT2D eigenvalue weighted by Crippen LogP contribution is -2.40. The quantitative estimate of drug-likeness (QED) is 0.257. The van der Waals surface area contributed by atoms with Gasteiger partial charge in [0.1, 0.15) is 5.75 Å². The number of allylic oxidation sites excluding steroid dienone is 2. The molecule has 184 valence electrons. The number of fused-ring (bicyclic) bond motifs is 3. The van der Waals surface area contributed by atoms with Crippen LogP contribution in [0.25, 0.3) is 10.8 Å². The van der Waals surface area contributed by atoms with Gasteiger partial charge in [-0.25, -0.2) is 0 Å². The summed E-state index contributed by atoms with van der Waals surface area (Å²) in [5.41, 5.74) is 6.63. The first kappa shape index (κ1) is 23.1. The predicted molar refractivity (Wildman–Crippen MR) is 150 cm³/mol. The van der Waals surface area contributed by atoms with Crippen LogP contribution in [0.3, 0.4) is 0 Å². The molecule has 4 fully saturated rings. The summed E-state index contributed by atoms with van der Waals surface area (Å²) in [6.07, 6.45) is 8.39. The first-order valence-electron chi connectivity index (χ1n) is 13.1. The Hall–Kier alpha value is -2.33. The van der Waals surface area contributed by atoms with Gasteiger partial charge in [-0.3, -0.25) is 0 Å². The molecule has 1 unspecified atom stereocenters. The van der Waals surface area contributed by atoms with Crippen molar-refractivity contribution in [2.45, 2.75) is 46.0 Å². The van der Waals surface area contributed by atoms with E-state index in [-0.39, 0.29) is 5.41 Å². The van der Waals surface area contributed by atoms with E-state index in [4.69, 9.17) is 11.3 Å². The number of rotatable bonds is 10. The standard InChI is InChI=1S/C31H38N2OS/c1-7-32(14-15-35-6)23(5)34-28-16-27-25(24-10-8-9-11-26(24)28)12-13-33(27)22(4)29-17-30(18-29)20-31(30,19-29)21(2)3/h8-11,16H,2,4-5,7,12-15,17-20H2,1,3,6H3. The molecule has 2 aromatic rings. The van der Waals surface area contributed by atoms with Crippen molar-refractivity contribution in [3.05, 3.63) is 72.8 Å². The zero-order valence-electron chi connectivity index (χ0n) is 21.6. The Morgan fingerprint density at radius 2 is 1.86 bits per heavy atom. The fourth-order valence-corrected chi connectivity index (χ4v) is 8.40. The van der Waals surface area contributed by atoms with Crippen molar-refractivity contribution in [3.8, 4) is 5.75 Å². The molecule has 0 radical (unpaired) electrons. The minimum atomic E-state index is 0.256. The van der Waals surface area contributed by atoms with Crippen LogP contribution in [0.5, 0.6) is 5.75 Å². The lowest BCUT2D eigenvalue weighted by atomic mass is 9.62. The van der Waals surface area contributed by atoms with Crippen molar-refractivity contribution in [2.24, 2.45) is 16.2 Å². The number of hydrogen-bond donors (Lipinski definition) is 0. The van der Waals surface area contributed by atoms with Gasteiger partial charge in [0.15, 0.2) is 5.88 Å². The number of ether oxygens (including phenoxy) is 1. The largest absolute Gasteiger partial charge is 0.441 e. The predicted octanol–water partition coefficient (Wildman–Crippen LogP) is 7.39. The Labute approximate surface area is 214 Å². The second-order valence-corrected chi connectivity index (χ2v) is 12.5. The van der Waals surface area contributed by atoms with Gasteiger partial charge >= 0.3 is 0 Å². The van der Waals surface area contributed by atoms with Crippen molar-refractivity contribution < 1.29 is 4.74 Å². The molecule has 7 rings (SSSR count). The average molecular weight is 487 g/mol. The van der Waals surface area contributed by atoms with E-state index in [2.05, 4.69) is 73.4 Å². The monoisotopic (exact) mass is 486 g/mol. The van der Waals surface area contributed by atoms with Crippen LogP contribution in [0.2, 0.25) is 0 Å². The number of anilines is 1. The molecule has 0 saturated heterocycles. The molecular formula is C31H38N2OS. The Kier molecular flexibility index (Phi) is 5.17. The van der Waals surface area contributed by atoms with Crippen LogP contribution in [-0.2, 0) is 6.42 Å². The van der Waals surface area contributed by atoms with Gasteiger partial charge in [-0.05, 0) is 80.6 Å². The topological polar surface area (TPSA) is 15.7 Å². The molecule has 1 spiro atoms. The minimum absolute atomic E-state index is 0.256. The van der Waals surface area contributed by atoms with Gasteiger partial charge in [-0.1, -0.05) is 43.0 Å². The van der Waals surface area contributed by atoms with Crippen LogP contribution in [-0.4, -0.2) is 36.5 Å². The zero-order valence-corrected chi connectivity index (χ0v) is 22.4. The van der Waals surface area contributed by atoms with Crippen molar-refractivity contribution in [2.75, 3.05) is 36.5 Å². The molecule has 4 aliphatic carbocycles. The van der Waals surface area contributed by atoms with Crippen LogP contribution in [0.1, 0.15) is 45.1 Å². The maximum atomic E-state index is 6.52. The van der Waals surface area contributed by atoms with E-state index in [1.54, 1.807) is 0 Å². The Morgan fingerprint density at radius 3 is 2.51 bits per heavy atom. The lowest BCUT2D eigenvalue weighted by Gasteiger charge is -2.47. The third-order valence-electron chi connectivity index (χ3n) is 9.78. The third-order valence-corrected chi connectivity index (χ3v) is 10.4. The van der Waals surface area contributed by atoms with Crippen molar-refractivity contribution >= 4 is 28.2 Å². The molecule has 1 heterocycles. The van der Waals surface area contributed by atoms with E-state index < -0.39 is 0 Å². The SMILES string of the molecule is C=C(Oc1cc2c(c3ccccc13)CCN2C(=C)C12CC3(C1)CC3(C(=C)C)C2)N(CC)CCSC. The molecule has 4 saturated carbocycles. The van der Waals surface area contributed by atoms with Crippen LogP contribution in [0, 0.1) is 16.2 Å². The third kappa shape index (κ3) is 3.11. The summed E-state index contributed by atoms with van der Waals surface area (Å²) < 4.78 is 6.52. The molecule has 3 nitrogen and oxygen atoms in total. The number of nitrogens with zero attached hydrogens (tertiary/aromatic N) is 2. The first-order chi connectivity index (χ1) is 16.8. The van der Waals surface area contributed by atoms with Gasteiger partial charge < -0.3 is 14.5 Å². The lowest BCUT2D eigenvalue weighted by molar-refractivity contribution is 0.127. The molecule has 2 bridgehead atoms.